The van der Waals surface area contributed by atoms with Gasteiger partial charge in [-0.3, -0.25) is 0 Å². The minimum absolute atomic E-state index is 0. The van der Waals surface area contributed by atoms with Gasteiger partial charge in [0.2, 0.25) is 0 Å². The van der Waals surface area contributed by atoms with Crippen LogP contribution in [0.15, 0.2) is 121 Å². The number of benzene rings is 8. The predicted octanol–water partition coefficient (Wildman–Crippen LogP) is 20.9. The minimum Gasteiger partial charge on any atom is -0.357 e. The number of nitrogens with zero attached hydrogens (tertiary/aromatic N) is 8. The third-order valence-corrected chi connectivity index (χ3v) is 17.9. The van der Waals surface area contributed by atoms with Crippen molar-refractivity contribution in [3.63, 3.8) is 0 Å². The Morgan fingerprint density at radius 2 is 0.469 bits per heavy atom. The van der Waals surface area contributed by atoms with E-state index in [-0.39, 0.29) is 189 Å². The van der Waals surface area contributed by atoms with Crippen LogP contribution in [0.4, 0.5) is 45.5 Å². The first-order valence-electron chi connectivity index (χ1n) is 23.5. The molecule has 401 valence electrons. The molecule has 25 heteroatoms. The number of anilines is 8. The first kappa shape index (κ1) is 55.8. The molecular formula is C56H24Cl12CoN12. The van der Waals surface area contributed by atoms with Crippen molar-refractivity contribution in [3.8, 4) is 45.6 Å². The Bertz CT molecular complexity index is 4340. The summed E-state index contributed by atoms with van der Waals surface area (Å²) < 4.78 is 0. The first-order valence-corrected chi connectivity index (χ1v) is 28.0. The summed E-state index contributed by atoms with van der Waals surface area (Å²) in [5.74, 6) is -0.224. The second-order valence-corrected chi connectivity index (χ2v) is 22.3. The number of rotatable bonds is 8. The molecule has 0 fully saturated rings. The fourth-order valence-corrected chi connectivity index (χ4v) is 12.8. The average Bonchev–Trinajstić information content (AvgIpc) is 4.33. The van der Waals surface area contributed by atoms with E-state index in [9.17, 15) is 0 Å². The molecule has 4 N–H and O–H groups in total. The van der Waals surface area contributed by atoms with Crippen LogP contribution < -0.4 is 31.2 Å². The molecule has 1 radical (unpaired) electrons. The number of para-hydroxylation sites is 4. The Morgan fingerprint density at radius 3 is 0.741 bits per heavy atom. The van der Waals surface area contributed by atoms with Gasteiger partial charge in [-0.1, -0.05) is 212 Å². The third kappa shape index (κ3) is 9.49. The van der Waals surface area contributed by atoms with E-state index < -0.39 is 0 Å². The molecular weight excluding hydrogens is 1330 g/mol. The van der Waals surface area contributed by atoms with Gasteiger partial charge in [-0.05, 0) is 48.5 Å². The van der Waals surface area contributed by atoms with E-state index in [4.69, 9.17) is 179 Å². The zero-order chi connectivity index (χ0) is 55.4. The van der Waals surface area contributed by atoms with E-state index in [0.29, 0.717) is 22.7 Å². The van der Waals surface area contributed by atoms with Gasteiger partial charge in [0.05, 0.1) is 106 Å². The van der Waals surface area contributed by atoms with Crippen molar-refractivity contribution in [2.45, 2.75) is 0 Å². The Kier molecular flexibility index (Phi) is 15.3. The molecule has 8 bridgehead atoms. The van der Waals surface area contributed by atoms with Gasteiger partial charge in [-0.25, -0.2) is 9.97 Å². The van der Waals surface area contributed by atoms with Gasteiger partial charge in [0.25, 0.3) is 0 Å². The van der Waals surface area contributed by atoms with Gasteiger partial charge >= 0.3 is 16.8 Å². The van der Waals surface area contributed by atoms with E-state index in [1.54, 1.807) is 0 Å². The van der Waals surface area contributed by atoms with Crippen LogP contribution in [0.1, 0.15) is 0 Å². The fourth-order valence-electron chi connectivity index (χ4n) is 9.32. The smallest absolute Gasteiger partial charge is 0.357 e. The summed E-state index contributed by atoms with van der Waals surface area (Å²) in [6.45, 7) is 0. The second-order valence-electron chi connectivity index (χ2n) is 17.7. The fraction of sp³-hybridized carbons (Fsp3) is 0. The van der Waals surface area contributed by atoms with Crippen molar-refractivity contribution in [3.05, 3.63) is 182 Å². The number of nitrogens with one attached hydrogen (secondary N) is 4. The second kappa shape index (κ2) is 22.1. The van der Waals surface area contributed by atoms with Crippen LogP contribution in [-0.4, -0.2) is 29.9 Å². The zero-order valence-corrected chi connectivity index (χ0v) is 50.1. The largest absolute Gasteiger partial charge is 2.00 e. The molecule has 11 aromatic rings. The van der Waals surface area contributed by atoms with E-state index >= 15 is 0 Å². The van der Waals surface area contributed by atoms with Gasteiger partial charge in [0.1, 0.15) is 0 Å². The SMILES string of the molecule is Clc1c(Cl)c2c(c(Cl)c1Nc1ccccc1)-c1nc-2nc2[n-]c(nc3nc(nc4[n-]c(n1)c1c(Cl)c(Cl)c(Nc5ccccc5)c(Cl)c41)-c1c(Cl)c(Cl)c(Nc4ccccc4)c(Cl)c1-3)c1c(Cl)c(Cl)c(Nc3ccccc3)c(Cl)c21.[Co+2]. The van der Waals surface area contributed by atoms with Gasteiger partial charge < -0.3 is 51.2 Å². The van der Waals surface area contributed by atoms with Crippen molar-refractivity contribution in [2.75, 3.05) is 21.3 Å². The maximum Gasteiger partial charge on any atom is 2.00 e. The Morgan fingerprint density at radius 1 is 0.247 bits per heavy atom. The van der Waals surface area contributed by atoms with Crippen LogP contribution in [0.2, 0.25) is 60.3 Å². The van der Waals surface area contributed by atoms with E-state index in [2.05, 4.69) is 21.3 Å². The third-order valence-electron chi connectivity index (χ3n) is 12.9. The predicted molar refractivity (Wildman–Crippen MR) is 333 cm³/mol. The quantitative estimate of drug-likeness (QED) is 0.107. The molecule has 8 aromatic carbocycles. The van der Waals surface area contributed by atoms with Gasteiger partial charge in [-0.2, -0.15) is 0 Å². The van der Waals surface area contributed by atoms with Crippen LogP contribution in [0.5, 0.6) is 0 Å². The summed E-state index contributed by atoms with van der Waals surface area (Å²) in [4.78, 5) is 40.5. The summed E-state index contributed by atoms with van der Waals surface area (Å²) in [5, 5.41) is 14.3. The van der Waals surface area contributed by atoms with Crippen LogP contribution in [0, 0.1) is 0 Å². The monoisotopic (exact) mass is 1340 g/mol. The van der Waals surface area contributed by atoms with Crippen molar-refractivity contribution in [1.29, 1.82) is 0 Å². The first-order chi connectivity index (χ1) is 38.7. The number of hydrogen-bond acceptors (Lipinski definition) is 10. The number of aromatic nitrogens is 8. The molecule has 2 aliphatic rings. The average molecular weight is 1350 g/mol. The number of hydrogen-bond donors (Lipinski definition) is 4. The molecule has 3 aromatic heterocycles. The molecule has 0 spiro atoms. The summed E-state index contributed by atoms with van der Waals surface area (Å²) in [7, 11) is 0. The summed E-state index contributed by atoms with van der Waals surface area (Å²) >= 11 is 88.1. The summed E-state index contributed by atoms with van der Waals surface area (Å²) in [6, 6.07) is 36.8. The van der Waals surface area contributed by atoms with E-state index in [1.807, 2.05) is 121 Å². The van der Waals surface area contributed by atoms with Gasteiger partial charge in [0.15, 0.2) is 0 Å². The molecule has 2 aliphatic heterocycles. The van der Waals surface area contributed by atoms with Crippen LogP contribution in [0.3, 0.4) is 0 Å². The van der Waals surface area contributed by atoms with Crippen molar-refractivity contribution in [2.24, 2.45) is 0 Å². The number of fused-ring (bicyclic) bond motifs is 20. The molecule has 0 aliphatic carbocycles. The normalized spacial score (nSPS) is 11.6. The molecule has 0 saturated carbocycles. The summed E-state index contributed by atoms with van der Waals surface area (Å²) in [6.07, 6.45) is 0. The molecule has 0 atom stereocenters. The zero-order valence-electron chi connectivity index (χ0n) is 40.0. The maximum atomic E-state index is 7.48. The Balaban J connectivity index is 0.00000651. The number of halogens is 12. The molecule has 0 unspecified atom stereocenters. The maximum absolute atomic E-state index is 7.48. The molecule has 0 amide bonds. The Hall–Kier alpha value is -5.69. The van der Waals surface area contributed by atoms with Crippen LogP contribution in [-0.2, 0) is 16.8 Å². The molecule has 13 rings (SSSR count). The van der Waals surface area contributed by atoms with Crippen molar-refractivity contribution in [1.82, 2.24) is 39.9 Å². The molecule has 81 heavy (non-hydrogen) atoms. The van der Waals surface area contributed by atoms with E-state index in [1.165, 1.54) is 0 Å². The van der Waals surface area contributed by atoms with Crippen molar-refractivity contribution < 1.29 is 16.8 Å². The standard InChI is InChI=1S/C56H24Cl12N12.Co/c57-33-25-29(37(61)45(41(33)65)69-21-13-5-1-6-14-21)53-73-49(25)78-54-31-27(35(59)43(67)47(39(31)63)71-23-17-9-3-10-18-23)51(75-54)80-56-32-28(36(60)44(68)48(40(32)64)72-24-19-11-4-12-20-24)52(76-56)79-55-30-26(50(74-55)77-53)34(58)42(66)46(38(30)62)70-22-15-7-2-8-16-22;/h1-20,69-72H;/q-2;+2. The van der Waals surface area contributed by atoms with Crippen LogP contribution in [0.25, 0.3) is 89.7 Å². The van der Waals surface area contributed by atoms with Crippen LogP contribution >= 0.6 is 139 Å². The molecule has 5 heterocycles. The summed E-state index contributed by atoms with van der Waals surface area (Å²) in [5.41, 5.74) is 3.98. The topological polar surface area (TPSA) is 154 Å². The van der Waals surface area contributed by atoms with E-state index in [0.717, 1.165) is 0 Å². The molecule has 0 saturated heterocycles. The molecule has 12 nitrogen and oxygen atoms in total. The minimum atomic E-state index is -0.0610. The van der Waals surface area contributed by atoms with Crippen molar-refractivity contribution >= 4 is 229 Å². The van der Waals surface area contributed by atoms with Gasteiger partial charge in [0, 0.05) is 89.1 Å². The van der Waals surface area contributed by atoms with Gasteiger partial charge in [-0.15, -0.1) is 0 Å². The Labute approximate surface area is 528 Å².